The van der Waals surface area contributed by atoms with Crippen molar-refractivity contribution in [1.82, 2.24) is 9.97 Å². The summed E-state index contributed by atoms with van der Waals surface area (Å²) in [4.78, 5) is 8.22. The fourth-order valence-corrected chi connectivity index (χ4v) is 3.68. The van der Waals surface area contributed by atoms with Gasteiger partial charge in [0.25, 0.3) is 15.9 Å². The summed E-state index contributed by atoms with van der Waals surface area (Å²) in [6.07, 6.45) is 1.39. The van der Waals surface area contributed by atoms with Gasteiger partial charge in [0.1, 0.15) is 4.60 Å². The molecule has 6 nitrogen and oxygen atoms in total. The van der Waals surface area contributed by atoms with E-state index in [1.807, 2.05) is 18.2 Å². The van der Waals surface area contributed by atoms with E-state index < -0.39 is 10.0 Å². The van der Waals surface area contributed by atoms with Gasteiger partial charge < -0.3 is 6.16 Å². The van der Waals surface area contributed by atoms with Crippen molar-refractivity contribution in [2.24, 2.45) is 0 Å². The quantitative estimate of drug-likeness (QED) is 0.618. The van der Waals surface area contributed by atoms with Gasteiger partial charge in [0.2, 0.25) is 5.82 Å². The van der Waals surface area contributed by atoms with Gasteiger partial charge in [-0.3, -0.25) is 4.72 Å². The maximum absolute atomic E-state index is 12.7. The predicted octanol–water partition coefficient (Wildman–Crippen LogP) is 0.318. The Labute approximate surface area is 171 Å². The third-order valence-corrected chi connectivity index (χ3v) is 4.95. The normalized spacial score (nSPS) is 10.9. The van der Waals surface area contributed by atoms with Crippen LogP contribution in [-0.4, -0.2) is 25.5 Å². The standard InChI is InChI=1S/C15H12BrN3O3S.Na.H/c1-22-15-14(17-9-13(16)18-15)19-23(20,21)12-8-4-6-10-5-2-3-7-11(10)12;;/h2-9H,1H3,(H,17,19);;/q;+1;-1. The van der Waals surface area contributed by atoms with Crippen molar-refractivity contribution in [3.63, 3.8) is 0 Å². The molecule has 24 heavy (non-hydrogen) atoms. The first-order valence-corrected chi connectivity index (χ1v) is 8.86. The number of ether oxygens (including phenoxy) is 1. The van der Waals surface area contributed by atoms with Crippen LogP contribution in [-0.2, 0) is 10.0 Å². The van der Waals surface area contributed by atoms with Gasteiger partial charge in [-0.05, 0) is 27.4 Å². The van der Waals surface area contributed by atoms with E-state index >= 15 is 0 Å². The summed E-state index contributed by atoms with van der Waals surface area (Å²) in [6, 6.07) is 12.4. The molecule has 2 aromatic carbocycles. The van der Waals surface area contributed by atoms with Crippen LogP contribution < -0.4 is 39.0 Å². The number of rotatable bonds is 4. The molecule has 3 aromatic rings. The van der Waals surface area contributed by atoms with Crippen molar-refractivity contribution < 1.29 is 44.1 Å². The number of benzene rings is 2. The second-order valence-corrected chi connectivity index (χ2v) is 7.10. The summed E-state index contributed by atoms with van der Waals surface area (Å²) in [5.41, 5.74) is 0. The van der Waals surface area contributed by atoms with Gasteiger partial charge in [-0.15, -0.1) is 0 Å². The molecule has 1 N–H and O–H groups in total. The minimum atomic E-state index is -3.83. The van der Waals surface area contributed by atoms with Crippen molar-refractivity contribution in [3.8, 4) is 5.88 Å². The third kappa shape index (κ3) is 3.89. The molecule has 0 spiro atoms. The summed E-state index contributed by atoms with van der Waals surface area (Å²) >= 11 is 3.16. The fraction of sp³-hybridized carbons (Fsp3) is 0.0667. The number of anilines is 1. The Morgan fingerprint density at radius 1 is 1.17 bits per heavy atom. The van der Waals surface area contributed by atoms with Gasteiger partial charge in [-0.1, -0.05) is 36.4 Å². The summed E-state index contributed by atoms with van der Waals surface area (Å²) in [5, 5.41) is 1.47. The van der Waals surface area contributed by atoms with Crippen molar-refractivity contribution in [1.29, 1.82) is 0 Å². The molecular weight excluding hydrogens is 405 g/mol. The monoisotopic (exact) mass is 417 g/mol. The van der Waals surface area contributed by atoms with E-state index in [1.54, 1.807) is 24.3 Å². The van der Waals surface area contributed by atoms with Gasteiger partial charge in [0.05, 0.1) is 18.2 Å². The Bertz CT molecular complexity index is 983. The second kappa shape index (κ2) is 7.79. The Kier molecular flexibility index (Phi) is 6.22. The van der Waals surface area contributed by atoms with Gasteiger partial charge in [0.15, 0.2) is 0 Å². The number of sulfonamides is 1. The van der Waals surface area contributed by atoms with Crippen LogP contribution in [0.4, 0.5) is 5.82 Å². The zero-order chi connectivity index (χ0) is 16.4. The number of halogens is 1. The molecule has 0 aliphatic heterocycles. The number of nitrogens with zero attached hydrogens (tertiary/aromatic N) is 2. The summed E-state index contributed by atoms with van der Waals surface area (Å²) in [7, 11) is -2.44. The van der Waals surface area contributed by atoms with Crippen LogP contribution in [0.25, 0.3) is 10.8 Å². The van der Waals surface area contributed by atoms with Gasteiger partial charge in [-0.2, -0.15) is 0 Å². The zero-order valence-electron chi connectivity index (χ0n) is 14.0. The molecule has 0 aliphatic carbocycles. The number of hydrogen-bond donors (Lipinski definition) is 1. The topological polar surface area (TPSA) is 81.2 Å². The van der Waals surface area contributed by atoms with Gasteiger partial charge in [-0.25, -0.2) is 18.4 Å². The Morgan fingerprint density at radius 3 is 2.62 bits per heavy atom. The molecule has 0 saturated heterocycles. The molecule has 1 aromatic heterocycles. The molecule has 0 atom stereocenters. The van der Waals surface area contributed by atoms with E-state index in [4.69, 9.17) is 4.74 Å². The molecule has 0 aliphatic rings. The molecule has 0 fully saturated rings. The van der Waals surface area contributed by atoms with Crippen molar-refractivity contribution >= 4 is 42.5 Å². The van der Waals surface area contributed by atoms with Crippen molar-refractivity contribution in [3.05, 3.63) is 53.3 Å². The molecule has 0 radical (unpaired) electrons. The van der Waals surface area contributed by atoms with Crippen LogP contribution in [0.3, 0.4) is 0 Å². The average molecular weight is 418 g/mol. The fourth-order valence-electron chi connectivity index (χ4n) is 2.18. The molecule has 9 heteroatoms. The molecule has 0 unspecified atom stereocenters. The minimum Gasteiger partial charge on any atom is -1.00 e. The Hall–Kier alpha value is -1.19. The summed E-state index contributed by atoms with van der Waals surface area (Å²) < 4.78 is 33.4. The minimum absolute atomic E-state index is 0. The number of methoxy groups -OCH3 is 1. The molecule has 0 saturated carbocycles. The van der Waals surface area contributed by atoms with Crippen LogP contribution in [0.1, 0.15) is 1.43 Å². The van der Waals surface area contributed by atoms with Crippen molar-refractivity contribution in [2.45, 2.75) is 4.90 Å². The molecular formula is C15H13BrN3NaO3S. The van der Waals surface area contributed by atoms with Crippen LogP contribution in [0.5, 0.6) is 5.88 Å². The maximum Gasteiger partial charge on any atom is 1.00 e. The molecule has 0 amide bonds. The summed E-state index contributed by atoms with van der Waals surface area (Å²) in [6.45, 7) is 0. The third-order valence-electron chi connectivity index (χ3n) is 3.17. The van der Waals surface area contributed by atoms with Gasteiger partial charge in [0, 0.05) is 5.39 Å². The first-order valence-electron chi connectivity index (χ1n) is 6.58. The van der Waals surface area contributed by atoms with E-state index in [2.05, 4.69) is 30.6 Å². The largest absolute Gasteiger partial charge is 1.00 e. The van der Waals surface area contributed by atoms with Crippen LogP contribution >= 0.6 is 15.9 Å². The van der Waals surface area contributed by atoms with E-state index in [0.29, 0.717) is 9.99 Å². The summed E-state index contributed by atoms with van der Waals surface area (Å²) in [5.74, 6) is 0.117. The van der Waals surface area contributed by atoms with Gasteiger partial charge >= 0.3 is 29.6 Å². The molecule has 0 bridgehead atoms. The Morgan fingerprint density at radius 2 is 1.88 bits per heavy atom. The van der Waals surface area contributed by atoms with E-state index in [1.165, 1.54) is 13.3 Å². The zero-order valence-corrected chi connectivity index (χ0v) is 17.4. The Balaban J connectivity index is 0.00000156. The second-order valence-electron chi connectivity index (χ2n) is 4.63. The maximum atomic E-state index is 12.7. The average Bonchev–Trinajstić information content (AvgIpc) is 2.55. The van der Waals surface area contributed by atoms with E-state index in [0.717, 1.165) is 5.39 Å². The van der Waals surface area contributed by atoms with Crippen LogP contribution in [0.2, 0.25) is 0 Å². The SMILES string of the molecule is COc1nc(Br)cnc1NS(=O)(=O)c1cccc2ccccc12.[H-].[Na+]. The van der Waals surface area contributed by atoms with E-state index in [9.17, 15) is 8.42 Å². The number of nitrogens with one attached hydrogen (secondary N) is 1. The molecule has 1 heterocycles. The first-order chi connectivity index (χ1) is 11.0. The number of aromatic nitrogens is 2. The van der Waals surface area contributed by atoms with Crippen LogP contribution in [0, 0.1) is 0 Å². The predicted molar refractivity (Wildman–Crippen MR) is 92.2 cm³/mol. The smallest absolute Gasteiger partial charge is 1.00 e. The number of hydrogen-bond acceptors (Lipinski definition) is 5. The molecule has 3 rings (SSSR count). The first kappa shape index (κ1) is 19.1. The van der Waals surface area contributed by atoms with E-state index in [-0.39, 0.29) is 47.6 Å². The molecule has 120 valence electrons. The number of fused-ring (bicyclic) bond motifs is 1. The van der Waals surface area contributed by atoms with Crippen molar-refractivity contribution in [2.75, 3.05) is 11.8 Å². The van der Waals surface area contributed by atoms with Crippen LogP contribution in [0.15, 0.2) is 58.2 Å².